The molecule has 13 heteroatoms. The standard InChI is InChI=1S/C21H15BrF5N3O4/c1-9(31)29-8-14(33-13-7-6-12(23)15(16(13)24)19(28)32)20-30-17(18(22)34-20)10-2-4-11(5-3-10)21(25,26)27/h2-7,14H,8H2,1H3,(H2,28,32)(H,29,31). The Kier molecular flexibility index (Phi) is 7.24. The fourth-order valence-corrected chi connectivity index (χ4v) is 3.35. The Morgan fingerprint density at radius 2 is 1.82 bits per heavy atom. The molecule has 3 aromatic rings. The van der Waals surface area contributed by atoms with Crippen LogP contribution in [0.5, 0.6) is 5.75 Å². The first-order valence-corrected chi connectivity index (χ1v) is 10.2. The topological polar surface area (TPSA) is 107 Å². The van der Waals surface area contributed by atoms with Crippen LogP contribution >= 0.6 is 15.9 Å². The van der Waals surface area contributed by atoms with Gasteiger partial charge in [-0.05, 0) is 40.2 Å². The number of nitrogens with one attached hydrogen (secondary N) is 1. The number of oxazole rings is 1. The van der Waals surface area contributed by atoms with Crippen LogP contribution in [0.3, 0.4) is 0 Å². The number of hydrogen-bond acceptors (Lipinski definition) is 5. The third kappa shape index (κ3) is 5.53. The number of nitrogens with two attached hydrogens (primary N) is 1. The van der Waals surface area contributed by atoms with E-state index < -0.39 is 52.6 Å². The highest BCUT2D eigenvalue weighted by Gasteiger charge is 2.31. The van der Waals surface area contributed by atoms with E-state index in [2.05, 4.69) is 26.2 Å². The van der Waals surface area contributed by atoms with Crippen LogP contribution < -0.4 is 15.8 Å². The average Bonchev–Trinajstić information content (AvgIpc) is 3.13. The molecule has 3 rings (SSSR count). The first-order chi connectivity index (χ1) is 15.9. The average molecular weight is 548 g/mol. The maximum Gasteiger partial charge on any atom is 0.416 e. The Morgan fingerprint density at radius 1 is 1.18 bits per heavy atom. The van der Waals surface area contributed by atoms with Crippen molar-refractivity contribution < 1.29 is 40.7 Å². The van der Waals surface area contributed by atoms with Crippen LogP contribution in [0.4, 0.5) is 22.0 Å². The van der Waals surface area contributed by atoms with Gasteiger partial charge < -0.3 is 20.2 Å². The maximum absolute atomic E-state index is 14.6. The maximum atomic E-state index is 14.6. The summed E-state index contributed by atoms with van der Waals surface area (Å²) in [4.78, 5) is 27.0. The molecule has 7 nitrogen and oxygen atoms in total. The predicted octanol–water partition coefficient (Wildman–Crippen LogP) is 4.76. The fourth-order valence-electron chi connectivity index (χ4n) is 2.87. The second kappa shape index (κ2) is 9.79. The third-order valence-corrected chi connectivity index (χ3v) is 5.01. The van der Waals surface area contributed by atoms with Crippen LogP contribution in [-0.4, -0.2) is 23.3 Å². The molecule has 1 atom stereocenters. The second-order valence-electron chi connectivity index (χ2n) is 6.89. The normalized spacial score (nSPS) is 12.3. The summed E-state index contributed by atoms with van der Waals surface area (Å²) in [5, 5.41) is 2.43. The first kappa shape index (κ1) is 25.1. The number of benzene rings is 2. The van der Waals surface area contributed by atoms with Crippen molar-refractivity contribution in [2.24, 2.45) is 5.73 Å². The van der Waals surface area contributed by atoms with E-state index >= 15 is 0 Å². The molecule has 0 saturated carbocycles. The van der Waals surface area contributed by atoms with E-state index in [1.54, 1.807) is 0 Å². The van der Waals surface area contributed by atoms with E-state index in [9.17, 15) is 31.5 Å². The minimum Gasteiger partial charge on any atom is -0.476 e. The number of aromatic nitrogens is 1. The summed E-state index contributed by atoms with van der Waals surface area (Å²) < 4.78 is 77.9. The van der Waals surface area contributed by atoms with Gasteiger partial charge in [0.15, 0.2) is 22.3 Å². The van der Waals surface area contributed by atoms with E-state index in [0.717, 1.165) is 24.3 Å². The lowest BCUT2D eigenvalue weighted by atomic mass is 10.1. The monoisotopic (exact) mass is 547 g/mol. The summed E-state index contributed by atoms with van der Waals surface area (Å²) >= 11 is 3.12. The summed E-state index contributed by atoms with van der Waals surface area (Å²) in [7, 11) is 0. The zero-order valence-corrected chi connectivity index (χ0v) is 18.8. The molecule has 0 fully saturated rings. The predicted molar refractivity (Wildman–Crippen MR) is 112 cm³/mol. The summed E-state index contributed by atoms with van der Waals surface area (Å²) in [6.45, 7) is 0.928. The molecule has 0 radical (unpaired) electrons. The van der Waals surface area contributed by atoms with Crippen LogP contribution in [0.25, 0.3) is 11.3 Å². The first-order valence-electron chi connectivity index (χ1n) is 9.41. The van der Waals surface area contributed by atoms with Gasteiger partial charge in [-0.15, -0.1) is 0 Å². The molecule has 1 unspecified atom stereocenters. The Morgan fingerprint density at radius 3 is 2.38 bits per heavy atom. The Balaban J connectivity index is 1.97. The number of alkyl halides is 3. The summed E-state index contributed by atoms with van der Waals surface area (Å²) in [5.74, 6) is -5.16. The highest BCUT2D eigenvalue weighted by atomic mass is 79.9. The van der Waals surface area contributed by atoms with Crippen LogP contribution in [0.1, 0.15) is 34.8 Å². The minimum atomic E-state index is -4.52. The largest absolute Gasteiger partial charge is 0.476 e. The highest BCUT2D eigenvalue weighted by molar-refractivity contribution is 9.10. The van der Waals surface area contributed by atoms with Crippen molar-refractivity contribution in [3.63, 3.8) is 0 Å². The van der Waals surface area contributed by atoms with Crippen molar-refractivity contribution in [2.75, 3.05) is 6.54 Å². The van der Waals surface area contributed by atoms with E-state index in [4.69, 9.17) is 14.9 Å². The zero-order chi connectivity index (χ0) is 25.2. The van der Waals surface area contributed by atoms with Gasteiger partial charge in [-0.25, -0.2) is 13.8 Å². The van der Waals surface area contributed by atoms with Gasteiger partial charge in [-0.3, -0.25) is 9.59 Å². The van der Waals surface area contributed by atoms with Crippen LogP contribution in [0.2, 0.25) is 0 Å². The van der Waals surface area contributed by atoms with E-state index in [1.807, 2.05) is 0 Å². The summed E-state index contributed by atoms with van der Waals surface area (Å²) in [6, 6.07) is 5.76. The Hall–Kier alpha value is -3.48. The molecule has 0 aliphatic carbocycles. The van der Waals surface area contributed by atoms with E-state index in [-0.39, 0.29) is 28.4 Å². The van der Waals surface area contributed by atoms with Gasteiger partial charge in [0, 0.05) is 12.5 Å². The number of ether oxygens (including phenoxy) is 1. The van der Waals surface area contributed by atoms with Gasteiger partial charge in [0.2, 0.25) is 11.8 Å². The minimum absolute atomic E-state index is 0.0242. The number of nitrogens with zero attached hydrogens (tertiary/aromatic N) is 1. The number of amides is 2. The number of rotatable bonds is 7. The number of halogens is 6. The SMILES string of the molecule is CC(=O)NCC(Oc1ccc(F)c(C(N)=O)c1F)c1nc(-c2ccc(C(F)(F)F)cc2)c(Br)o1. The van der Waals surface area contributed by atoms with Gasteiger partial charge >= 0.3 is 6.18 Å². The quantitative estimate of drug-likeness (QED) is 0.415. The summed E-state index contributed by atoms with van der Waals surface area (Å²) in [6.07, 6.45) is -5.80. The van der Waals surface area contributed by atoms with Crippen molar-refractivity contribution in [3.05, 3.63) is 69.7 Å². The molecule has 0 aliphatic heterocycles. The third-order valence-electron chi connectivity index (χ3n) is 4.47. The smallest absolute Gasteiger partial charge is 0.416 e. The van der Waals surface area contributed by atoms with Gasteiger partial charge in [0.25, 0.3) is 5.91 Å². The lowest BCUT2D eigenvalue weighted by Gasteiger charge is -2.17. The highest BCUT2D eigenvalue weighted by Crippen LogP contribution is 2.35. The molecule has 0 spiro atoms. The number of carbonyl (C=O) groups is 2. The molecule has 1 heterocycles. The van der Waals surface area contributed by atoms with Crippen LogP contribution in [0, 0.1) is 11.6 Å². The van der Waals surface area contributed by atoms with Gasteiger partial charge in [-0.2, -0.15) is 13.2 Å². The molecular formula is C21H15BrF5N3O4. The molecule has 0 aliphatic rings. The number of hydrogen-bond donors (Lipinski definition) is 2. The summed E-state index contributed by atoms with van der Waals surface area (Å²) in [5.41, 5.74) is 3.50. The van der Waals surface area contributed by atoms with Crippen molar-refractivity contribution >= 4 is 27.7 Å². The van der Waals surface area contributed by atoms with Gasteiger partial charge in [0.1, 0.15) is 17.1 Å². The Labute approximate surface area is 197 Å². The van der Waals surface area contributed by atoms with Crippen molar-refractivity contribution in [1.29, 1.82) is 0 Å². The molecule has 0 saturated heterocycles. The molecule has 3 N–H and O–H groups in total. The molecule has 2 aromatic carbocycles. The molecule has 1 aromatic heterocycles. The number of primary amides is 1. The molecule has 34 heavy (non-hydrogen) atoms. The molecule has 0 bridgehead atoms. The van der Waals surface area contributed by atoms with E-state index in [1.165, 1.54) is 19.1 Å². The van der Waals surface area contributed by atoms with Crippen molar-refractivity contribution in [2.45, 2.75) is 19.2 Å². The van der Waals surface area contributed by atoms with Crippen molar-refractivity contribution in [1.82, 2.24) is 10.3 Å². The molecular weight excluding hydrogens is 533 g/mol. The lowest BCUT2D eigenvalue weighted by Crippen LogP contribution is -2.29. The molecule has 180 valence electrons. The Bertz CT molecular complexity index is 1230. The van der Waals surface area contributed by atoms with Gasteiger partial charge in [-0.1, -0.05) is 12.1 Å². The van der Waals surface area contributed by atoms with Gasteiger partial charge in [0.05, 0.1) is 12.1 Å². The second-order valence-corrected chi connectivity index (χ2v) is 7.61. The van der Waals surface area contributed by atoms with Crippen molar-refractivity contribution in [3.8, 4) is 17.0 Å². The molecule has 2 amide bonds. The zero-order valence-electron chi connectivity index (χ0n) is 17.2. The van der Waals surface area contributed by atoms with Crippen LogP contribution in [0.15, 0.2) is 45.5 Å². The van der Waals surface area contributed by atoms with E-state index in [0.29, 0.717) is 0 Å². The number of carbonyl (C=O) groups excluding carboxylic acids is 2. The lowest BCUT2D eigenvalue weighted by molar-refractivity contribution is -0.137. The van der Waals surface area contributed by atoms with Crippen LogP contribution in [-0.2, 0) is 11.0 Å². The fraction of sp³-hybridized carbons (Fsp3) is 0.190.